The first-order valence-electron chi connectivity index (χ1n) is 12.6. The largest absolute Gasteiger partial charge is 0.371 e. The van der Waals surface area contributed by atoms with Gasteiger partial charge in [-0.05, 0) is 61.5 Å². The number of fused-ring (bicyclic) bond motifs is 1. The molecule has 7 nitrogen and oxygen atoms in total. The van der Waals surface area contributed by atoms with Crippen LogP contribution >= 0.6 is 0 Å². The van der Waals surface area contributed by atoms with E-state index in [4.69, 9.17) is 0 Å². The van der Waals surface area contributed by atoms with Crippen LogP contribution < -0.4 is 15.8 Å². The lowest BCUT2D eigenvalue weighted by molar-refractivity contribution is 0.0963. The average molecular weight is 490 g/mol. The summed E-state index contributed by atoms with van der Waals surface area (Å²) in [7, 11) is 3.38. The molecule has 2 N–H and O–H groups in total. The third-order valence-electron chi connectivity index (χ3n) is 7.61. The molecule has 2 aliphatic rings. The van der Waals surface area contributed by atoms with E-state index in [9.17, 15) is 14.0 Å². The molecule has 1 aromatic heterocycles. The molecule has 2 aromatic carbocycles. The van der Waals surface area contributed by atoms with Crippen molar-refractivity contribution in [3.05, 3.63) is 75.5 Å². The summed E-state index contributed by atoms with van der Waals surface area (Å²) in [5.74, 6) is -0.336. The van der Waals surface area contributed by atoms with Crippen LogP contribution in [0.15, 0.2) is 52.3 Å². The zero-order chi connectivity index (χ0) is 25.2. The topological polar surface area (TPSA) is 80.8 Å². The second kappa shape index (κ2) is 10.2. The van der Waals surface area contributed by atoms with Crippen LogP contribution in [0.5, 0.6) is 0 Å². The number of likely N-dealkylation sites (tertiary alicyclic amines) is 1. The zero-order valence-electron chi connectivity index (χ0n) is 20.8. The highest BCUT2D eigenvalue weighted by Gasteiger charge is 2.32. The van der Waals surface area contributed by atoms with Crippen molar-refractivity contribution in [2.45, 2.75) is 31.2 Å². The van der Waals surface area contributed by atoms with Gasteiger partial charge in [0.1, 0.15) is 5.82 Å². The van der Waals surface area contributed by atoms with Gasteiger partial charge in [0, 0.05) is 74.4 Å². The lowest BCUT2D eigenvalue weighted by Crippen LogP contribution is -2.44. The summed E-state index contributed by atoms with van der Waals surface area (Å²) >= 11 is 0. The summed E-state index contributed by atoms with van der Waals surface area (Å²) in [6.07, 6.45) is 4.89. The standard InChI is InChI=1S/C28H32FN5O2/c1-30-16-21-14-19(27(35)31-2)6-7-25(21)33-12-9-22(10-13-33)34-11-8-20(17-34)24-15-18-4-3-5-23(29)26(18)28(36)32-24/h3-7,14-16,20,22H,8-13,17H2,1-2H3,(H,31,35)(H,32,36). The van der Waals surface area contributed by atoms with Crippen LogP contribution in [0.2, 0.25) is 0 Å². The van der Waals surface area contributed by atoms with Crippen molar-refractivity contribution in [1.29, 1.82) is 0 Å². The van der Waals surface area contributed by atoms with Gasteiger partial charge in [0.2, 0.25) is 0 Å². The van der Waals surface area contributed by atoms with Crippen molar-refractivity contribution < 1.29 is 9.18 Å². The number of nitrogens with one attached hydrogen (secondary N) is 2. The molecule has 3 aromatic rings. The van der Waals surface area contributed by atoms with Gasteiger partial charge in [-0.2, -0.15) is 0 Å². The predicted octanol–water partition coefficient (Wildman–Crippen LogP) is 3.53. The summed E-state index contributed by atoms with van der Waals surface area (Å²) in [6.45, 7) is 3.76. The maximum atomic E-state index is 14.1. The fourth-order valence-corrected chi connectivity index (χ4v) is 5.73. The molecule has 2 fully saturated rings. The molecule has 2 aliphatic heterocycles. The first-order chi connectivity index (χ1) is 17.5. The number of halogens is 1. The Kier molecular flexibility index (Phi) is 6.87. The van der Waals surface area contributed by atoms with Crippen LogP contribution in [-0.4, -0.2) is 68.3 Å². The fraction of sp³-hybridized carbons (Fsp3) is 0.393. The van der Waals surface area contributed by atoms with Crippen molar-refractivity contribution in [1.82, 2.24) is 15.2 Å². The number of rotatable bonds is 5. The Hall–Kier alpha value is -3.52. The van der Waals surface area contributed by atoms with E-state index in [2.05, 4.69) is 25.1 Å². The second-order valence-corrected chi connectivity index (χ2v) is 9.70. The quantitative estimate of drug-likeness (QED) is 0.538. The van der Waals surface area contributed by atoms with Gasteiger partial charge in [-0.25, -0.2) is 4.39 Å². The average Bonchev–Trinajstić information content (AvgIpc) is 3.39. The molecule has 8 heteroatoms. The first kappa shape index (κ1) is 24.2. The molecule has 3 heterocycles. The highest BCUT2D eigenvalue weighted by molar-refractivity contribution is 5.98. The summed E-state index contributed by atoms with van der Waals surface area (Å²) in [5.41, 5.74) is 3.24. The predicted molar refractivity (Wildman–Crippen MR) is 142 cm³/mol. The molecule has 0 aliphatic carbocycles. The van der Waals surface area contributed by atoms with Crippen molar-refractivity contribution >= 4 is 28.6 Å². The summed E-state index contributed by atoms with van der Waals surface area (Å²) < 4.78 is 14.1. The van der Waals surface area contributed by atoms with E-state index in [1.165, 1.54) is 6.07 Å². The monoisotopic (exact) mass is 489 g/mol. The molecule has 0 bridgehead atoms. The number of aromatic amines is 1. The Morgan fingerprint density at radius 1 is 1.14 bits per heavy atom. The third kappa shape index (κ3) is 4.65. The number of aromatic nitrogens is 1. The van der Waals surface area contributed by atoms with E-state index in [-0.39, 0.29) is 22.8 Å². The zero-order valence-corrected chi connectivity index (χ0v) is 20.8. The Labute approximate surface area is 210 Å². The normalized spacial score (nSPS) is 19.4. The van der Waals surface area contributed by atoms with Crippen molar-refractivity contribution in [3.8, 4) is 0 Å². The summed E-state index contributed by atoms with van der Waals surface area (Å²) in [4.78, 5) is 36.7. The van der Waals surface area contributed by atoms with Crippen LogP contribution in [0.1, 0.15) is 46.8 Å². The van der Waals surface area contributed by atoms with Crippen molar-refractivity contribution in [2.75, 3.05) is 45.2 Å². The van der Waals surface area contributed by atoms with Gasteiger partial charge >= 0.3 is 0 Å². The molecule has 5 rings (SSSR count). The lowest BCUT2D eigenvalue weighted by Gasteiger charge is -2.38. The van der Waals surface area contributed by atoms with Crippen LogP contribution in [0.25, 0.3) is 10.8 Å². The van der Waals surface area contributed by atoms with E-state index < -0.39 is 5.82 Å². The molecule has 2 saturated heterocycles. The minimum Gasteiger partial charge on any atom is -0.371 e. The fourth-order valence-electron chi connectivity index (χ4n) is 5.73. The van der Waals surface area contributed by atoms with Crippen LogP contribution in [0.4, 0.5) is 10.1 Å². The van der Waals surface area contributed by atoms with Crippen LogP contribution in [0.3, 0.4) is 0 Å². The summed E-state index contributed by atoms with van der Waals surface area (Å²) in [5, 5.41) is 3.48. The molecule has 0 radical (unpaired) electrons. The van der Waals surface area contributed by atoms with Crippen LogP contribution in [0, 0.1) is 5.82 Å². The lowest BCUT2D eigenvalue weighted by atomic mass is 10.00. The second-order valence-electron chi connectivity index (χ2n) is 9.70. The van der Waals surface area contributed by atoms with E-state index in [1.54, 1.807) is 26.2 Å². The molecule has 0 saturated carbocycles. The van der Waals surface area contributed by atoms with Gasteiger partial charge in [0.15, 0.2) is 0 Å². The number of amides is 1. The number of benzene rings is 2. The summed E-state index contributed by atoms with van der Waals surface area (Å²) in [6, 6.07) is 13.0. The number of nitrogens with zero attached hydrogens (tertiary/aromatic N) is 3. The highest BCUT2D eigenvalue weighted by atomic mass is 19.1. The maximum absolute atomic E-state index is 14.1. The Balaban J connectivity index is 1.25. The van der Waals surface area contributed by atoms with Gasteiger partial charge in [0.25, 0.3) is 11.5 Å². The number of pyridine rings is 1. The number of H-pyrrole nitrogens is 1. The molecule has 1 unspecified atom stereocenters. The number of carbonyl (C=O) groups excluding carboxylic acids is 1. The van der Waals surface area contributed by atoms with Gasteiger partial charge in [-0.3, -0.25) is 19.5 Å². The van der Waals surface area contributed by atoms with E-state index in [0.29, 0.717) is 17.0 Å². The minimum atomic E-state index is -0.475. The number of hydrogen-bond donors (Lipinski definition) is 2. The number of anilines is 1. The van der Waals surface area contributed by atoms with Crippen LogP contribution in [-0.2, 0) is 0 Å². The Bertz CT molecular complexity index is 1360. The minimum absolute atomic E-state index is 0.104. The van der Waals surface area contributed by atoms with E-state index in [1.807, 2.05) is 30.5 Å². The van der Waals surface area contributed by atoms with Gasteiger partial charge in [-0.15, -0.1) is 0 Å². The molecule has 1 amide bonds. The van der Waals surface area contributed by atoms with Crippen molar-refractivity contribution in [3.63, 3.8) is 0 Å². The molecule has 1 atom stereocenters. The van der Waals surface area contributed by atoms with Crippen molar-refractivity contribution in [2.24, 2.45) is 4.99 Å². The number of aliphatic imine (C=N–C) groups is 1. The third-order valence-corrected chi connectivity index (χ3v) is 7.61. The maximum Gasteiger partial charge on any atom is 0.259 e. The van der Waals surface area contributed by atoms with E-state index >= 15 is 0 Å². The molecule has 0 spiro atoms. The van der Waals surface area contributed by atoms with Gasteiger partial charge in [0.05, 0.1) is 5.39 Å². The molecule has 36 heavy (non-hydrogen) atoms. The smallest absolute Gasteiger partial charge is 0.259 e. The molecular weight excluding hydrogens is 457 g/mol. The number of piperidine rings is 1. The van der Waals surface area contributed by atoms with Gasteiger partial charge < -0.3 is 15.2 Å². The Morgan fingerprint density at radius 2 is 1.94 bits per heavy atom. The first-order valence-corrected chi connectivity index (χ1v) is 12.6. The Morgan fingerprint density at radius 3 is 2.69 bits per heavy atom. The van der Waals surface area contributed by atoms with Gasteiger partial charge in [-0.1, -0.05) is 12.1 Å². The highest BCUT2D eigenvalue weighted by Crippen LogP contribution is 2.32. The SMILES string of the molecule is CN=Cc1cc(C(=O)NC)ccc1N1CCC(N2CCC(c3cc4cccc(F)c4c(=O)[nH]3)C2)CC1. The number of carbonyl (C=O) groups is 1. The molecular formula is C28H32FN5O2. The number of hydrogen-bond acceptors (Lipinski definition) is 5. The van der Waals surface area contributed by atoms with E-state index in [0.717, 1.165) is 62.4 Å². The molecule has 188 valence electrons.